The number of amides is 1. The topological polar surface area (TPSA) is 74.8 Å². The van der Waals surface area contributed by atoms with Crippen LogP contribution in [0.25, 0.3) is 0 Å². The zero-order chi connectivity index (χ0) is 18.2. The Morgan fingerprint density at radius 3 is 2.69 bits per heavy atom. The fourth-order valence-corrected chi connectivity index (χ4v) is 4.47. The van der Waals surface area contributed by atoms with E-state index in [0.29, 0.717) is 17.0 Å². The average Bonchev–Trinajstić information content (AvgIpc) is 2.66. The van der Waals surface area contributed by atoms with Crippen molar-refractivity contribution < 1.29 is 4.79 Å². The minimum atomic E-state index is -0.182. The minimum absolute atomic E-state index is 0.00797. The van der Waals surface area contributed by atoms with Crippen molar-refractivity contribution in [2.45, 2.75) is 54.0 Å². The maximum Gasteiger partial charge on any atom is 0.251 e. The van der Waals surface area contributed by atoms with Gasteiger partial charge in [0.1, 0.15) is 0 Å². The number of nitrogens with one attached hydrogen (secondary N) is 2. The Balaban J connectivity index is 1.52. The van der Waals surface area contributed by atoms with E-state index < -0.39 is 0 Å². The lowest BCUT2D eigenvalue weighted by Gasteiger charge is -2.22. The van der Waals surface area contributed by atoms with Gasteiger partial charge in [-0.05, 0) is 25.0 Å². The van der Waals surface area contributed by atoms with Gasteiger partial charge in [-0.2, -0.15) is 0 Å². The van der Waals surface area contributed by atoms with E-state index >= 15 is 0 Å². The second-order valence-corrected chi connectivity index (χ2v) is 8.35. The van der Waals surface area contributed by atoms with Crippen LogP contribution in [0.15, 0.2) is 51.2 Å². The molecule has 1 fully saturated rings. The summed E-state index contributed by atoms with van der Waals surface area (Å²) in [5.41, 5.74) is 0.539. The summed E-state index contributed by atoms with van der Waals surface area (Å²) in [6.07, 6.45) is 5.78. The van der Waals surface area contributed by atoms with Gasteiger partial charge in [0.15, 0.2) is 5.16 Å². The highest BCUT2D eigenvalue weighted by Gasteiger charge is 2.16. The molecule has 1 aliphatic carbocycles. The van der Waals surface area contributed by atoms with Crippen LogP contribution in [0.3, 0.4) is 0 Å². The van der Waals surface area contributed by atoms with Crippen molar-refractivity contribution in [3.05, 3.63) is 52.4 Å². The lowest BCUT2D eigenvalue weighted by molar-refractivity contribution is -0.119. The van der Waals surface area contributed by atoms with E-state index in [1.165, 1.54) is 37.1 Å². The average molecular weight is 390 g/mol. The molecule has 0 saturated heterocycles. The Morgan fingerprint density at radius 1 is 1.15 bits per heavy atom. The molecule has 26 heavy (non-hydrogen) atoms. The molecule has 1 heterocycles. The molecular formula is C19H23N3O2S2. The van der Waals surface area contributed by atoms with Gasteiger partial charge >= 0.3 is 0 Å². The molecule has 3 rings (SSSR count). The van der Waals surface area contributed by atoms with Gasteiger partial charge in [-0.3, -0.25) is 9.59 Å². The van der Waals surface area contributed by atoms with Crippen molar-refractivity contribution in [3.8, 4) is 0 Å². The van der Waals surface area contributed by atoms with Crippen LogP contribution in [-0.4, -0.2) is 27.7 Å². The van der Waals surface area contributed by atoms with Crippen molar-refractivity contribution in [1.82, 2.24) is 15.3 Å². The number of aromatic amines is 1. The fraction of sp³-hybridized carbons (Fsp3) is 0.421. The number of carbonyl (C=O) groups excluding carboxylic acids is 1. The van der Waals surface area contributed by atoms with E-state index in [2.05, 4.69) is 15.3 Å². The second-order valence-electron chi connectivity index (χ2n) is 6.33. The van der Waals surface area contributed by atoms with Crippen molar-refractivity contribution in [1.29, 1.82) is 0 Å². The molecule has 0 spiro atoms. The molecule has 0 bridgehead atoms. The summed E-state index contributed by atoms with van der Waals surface area (Å²) in [5, 5.41) is 3.58. The summed E-state index contributed by atoms with van der Waals surface area (Å²) in [4.78, 5) is 32.3. The van der Waals surface area contributed by atoms with Crippen LogP contribution >= 0.6 is 23.5 Å². The standard InChI is InChI=1S/C19H23N3O2S2/c23-17-11-15(12-25-16-9-5-2-6-10-16)21-19(22-17)26-13-18(24)20-14-7-3-1-4-8-14/h2,5-6,9-11,14H,1,3-4,7-8,12-13H2,(H,20,24)(H,21,22,23). The first-order chi connectivity index (χ1) is 12.7. The predicted molar refractivity (Wildman–Crippen MR) is 107 cm³/mol. The van der Waals surface area contributed by atoms with Crippen LogP contribution in [0.1, 0.15) is 37.8 Å². The van der Waals surface area contributed by atoms with E-state index in [-0.39, 0.29) is 17.2 Å². The molecule has 1 saturated carbocycles. The Kier molecular flexibility index (Phi) is 7.20. The predicted octanol–water partition coefficient (Wildman–Crippen LogP) is 3.60. The number of H-pyrrole nitrogens is 1. The molecule has 5 nitrogen and oxygen atoms in total. The highest BCUT2D eigenvalue weighted by atomic mass is 32.2. The first-order valence-electron chi connectivity index (χ1n) is 8.89. The number of thioether (sulfide) groups is 2. The molecule has 2 aromatic rings. The smallest absolute Gasteiger partial charge is 0.251 e. The molecule has 138 valence electrons. The number of aromatic nitrogens is 2. The summed E-state index contributed by atoms with van der Waals surface area (Å²) in [7, 11) is 0. The Bertz CT molecular complexity index is 774. The molecule has 2 N–H and O–H groups in total. The summed E-state index contributed by atoms with van der Waals surface area (Å²) in [6.45, 7) is 0. The molecule has 0 radical (unpaired) electrons. The van der Waals surface area contributed by atoms with E-state index in [4.69, 9.17) is 0 Å². The molecule has 7 heteroatoms. The van der Waals surface area contributed by atoms with E-state index in [9.17, 15) is 9.59 Å². The van der Waals surface area contributed by atoms with Crippen LogP contribution in [-0.2, 0) is 10.5 Å². The number of nitrogens with zero attached hydrogens (tertiary/aromatic N) is 1. The Morgan fingerprint density at radius 2 is 1.92 bits per heavy atom. The lowest BCUT2D eigenvalue weighted by atomic mass is 9.95. The van der Waals surface area contributed by atoms with E-state index in [1.54, 1.807) is 11.8 Å². The lowest BCUT2D eigenvalue weighted by Crippen LogP contribution is -2.37. The number of hydrogen-bond donors (Lipinski definition) is 2. The number of rotatable bonds is 7. The van der Waals surface area contributed by atoms with Crippen LogP contribution < -0.4 is 10.9 Å². The van der Waals surface area contributed by atoms with Crippen molar-refractivity contribution >= 4 is 29.4 Å². The molecule has 1 amide bonds. The number of carbonyl (C=O) groups is 1. The zero-order valence-corrected chi connectivity index (χ0v) is 16.2. The molecule has 0 atom stereocenters. The third kappa shape index (κ3) is 6.21. The van der Waals surface area contributed by atoms with Gasteiger partial charge in [-0.25, -0.2) is 4.98 Å². The van der Waals surface area contributed by atoms with Gasteiger partial charge in [0, 0.05) is 22.8 Å². The first kappa shape index (κ1) is 19.0. The Hall–Kier alpha value is -1.73. The number of benzene rings is 1. The third-order valence-corrected chi connectivity index (χ3v) is 6.13. The molecule has 1 aliphatic rings. The summed E-state index contributed by atoms with van der Waals surface area (Å²) < 4.78 is 0. The van der Waals surface area contributed by atoms with Gasteiger partial charge in [0.05, 0.1) is 11.4 Å². The minimum Gasteiger partial charge on any atom is -0.353 e. The van der Waals surface area contributed by atoms with Gasteiger partial charge in [-0.15, -0.1) is 11.8 Å². The molecule has 0 unspecified atom stereocenters. The highest BCUT2D eigenvalue weighted by Crippen LogP contribution is 2.22. The highest BCUT2D eigenvalue weighted by molar-refractivity contribution is 7.99. The zero-order valence-electron chi connectivity index (χ0n) is 14.6. The van der Waals surface area contributed by atoms with Crippen LogP contribution in [0.4, 0.5) is 0 Å². The van der Waals surface area contributed by atoms with Crippen LogP contribution in [0.2, 0.25) is 0 Å². The summed E-state index contributed by atoms with van der Waals surface area (Å²) in [5.74, 6) is 0.901. The third-order valence-electron chi connectivity index (χ3n) is 4.21. The maximum atomic E-state index is 12.1. The Labute approximate surface area is 161 Å². The normalized spacial score (nSPS) is 14.9. The molecule has 0 aliphatic heterocycles. The molecule has 1 aromatic carbocycles. The monoisotopic (exact) mass is 389 g/mol. The van der Waals surface area contributed by atoms with Crippen LogP contribution in [0.5, 0.6) is 0 Å². The van der Waals surface area contributed by atoms with Gasteiger partial charge in [0.2, 0.25) is 5.91 Å². The van der Waals surface area contributed by atoms with Gasteiger partial charge < -0.3 is 10.3 Å². The van der Waals surface area contributed by atoms with Gasteiger partial charge in [0.25, 0.3) is 5.56 Å². The molecule has 1 aromatic heterocycles. The van der Waals surface area contributed by atoms with Crippen molar-refractivity contribution in [2.24, 2.45) is 0 Å². The number of hydrogen-bond acceptors (Lipinski definition) is 5. The van der Waals surface area contributed by atoms with Crippen molar-refractivity contribution in [3.63, 3.8) is 0 Å². The quantitative estimate of drug-likeness (QED) is 0.559. The van der Waals surface area contributed by atoms with E-state index in [0.717, 1.165) is 23.4 Å². The van der Waals surface area contributed by atoms with Crippen molar-refractivity contribution in [2.75, 3.05) is 5.75 Å². The molecular weight excluding hydrogens is 366 g/mol. The van der Waals surface area contributed by atoms with Gasteiger partial charge in [-0.1, -0.05) is 49.2 Å². The van der Waals surface area contributed by atoms with E-state index in [1.807, 2.05) is 30.3 Å². The van der Waals surface area contributed by atoms with Crippen LogP contribution in [0, 0.1) is 0 Å². The largest absolute Gasteiger partial charge is 0.353 e. The summed E-state index contributed by atoms with van der Waals surface area (Å²) >= 11 is 2.91. The SMILES string of the molecule is O=C(CSc1nc(CSc2ccccc2)cc(=O)[nH]1)NC1CCCCC1. The first-order valence-corrected chi connectivity index (χ1v) is 10.9. The fourth-order valence-electron chi connectivity index (χ4n) is 2.95. The maximum absolute atomic E-state index is 12.1. The second kappa shape index (κ2) is 9.83. The summed E-state index contributed by atoms with van der Waals surface area (Å²) in [6, 6.07) is 11.8.